The number of benzene rings is 1. The third kappa shape index (κ3) is 4.32. The van der Waals surface area contributed by atoms with Gasteiger partial charge in [-0.3, -0.25) is 4.68 Å². The number of aryl methyl sites for hydroxylation is 1. The molecule has 21 heavy (non-hydrogen) atoms. The molecule has 1 aromatic heterocycles. The third-order valence-electron chi connectivity index (χ3n) is 2.66. The summed E-state index contributed by atoms with van der Waals surface area (Å²) < 4.78 is 54.4. The summed E-state index contributed by atoms with van der Waals surface area (Å²) in [5.41, 5.74) is 0. The van der Waals surface area contributed by atoms with Crippen LogP contribution < -0.4 is 4.72 Å². The molecule has 0 saturated carbocycles. The molecule has 9 heteroatoms. The van der Waals surface area contributed by atoms with Crippen LogP contribution in [0.25, 0.3) is 0 Å². The molecular weight excluding hydrogens is 368 g/mol. The van der Waals surface area contributed by atoms with Crippen molar-refractivity contribution in [1.82, 2.24) is 14.5 Å². The molecule has 0 saturated heterocycles. The first kappa shape index (κ1) is 16.1. The minimum Gasteiger partial charge on any atom is -0.272 e. The molecule has 5 nitrogen and oxygen atoms in total. The molecule has 2 aromatic rings. The first-order valence-electron chi connectivity index (χ1n) is 6.01. The third-order valence-corrected chi connectivity index (χ3v) is 4.53. The lowest BCUT2D eigenvalue weighted by Crippen LogP contribution is -2.25. The molecule has 114 valence electrons. The van der Waals surface area contributed by atoms with Crippen molar-refractivity contribution >= 4 is 26.0 Å². The van der Waals surface area contributed by atoms with Gasteiger partial charge in [0.25, 0.3) is 0 Å². The maximum absolute atomic E-state index is 13.0. The van der Waals surface area contributed by atoms with Gasteiger partial charge in [0.05, 0.1) is 15.6 Å². The molecule has 0 aliphatic carbocycles. The van der Waals surface area contributed by atoms with Gasteiger partial charge in [-0.05, 0) is 40.5 Å². The molecular formula is C12H12BrF2N3O2S. The van der Waals surface area contributed by atoms with E-state index in [-0.39, 0.29) is 11.4 Å². The van der Waals surface area contributed by atoms with Crippen LogP contribution in [0.5, 0.6) is 0 Å². The first-order chi connectivity index (χ1) is 9.88. The Balaban J connectivity index is 1.90. The van der Waals surface area contributed by atoms with Gasteiger partial charge in [0.1, 0.15) is 0 Å². The summed E-state index contributed by atoms with van der Waals surface area (Å²) in [6.45, 7) is 0.699. The zero-order valence-electron chi connectivity index (χ0n) is 10.8. The van der Waals surface area contributed by atoms with Crippen LogP contribution in [0.3, 0.4) is 0 Å². The quantitative estimate of drug-likeness (QED) is 0.783. The van der Waals surface area contributed by atoms with Crippen LogP contribution in [0, 0.1) is 11.6 Å². The van der Waals surface area contributed by atoms with Crippen LogP contribution >= 0.6 is 15.9 Å². The fourth-order valence-corrected chi connectivity index (χ4v) is 3.05. The van der Waals surface area contributed by atoms with Gasteiger partial charge in [-0.2, -0.15) is 5.10 Å². The number of rotatable bonds is 6. The summed E-state index contributed by atoms with van der Waals surface area (Å²) in [6.07, 6.45) is 3.91. The zero-order chi connectivity index (χ0) is 15.5. The number of halogens is 3. The van der Waals surface area contributed by atoms with Gasteiger partial charge in [-0.1, -0.05) is 0 Å². The Morgan fingerprint density at radius 2 is 2.05 bits per heavy atom. The Kier molecular flexibility index (Phi) is 5.07. The Bertz CT molecular complexity index is 734. The molecule has 0 aliphatic heterocycles. The smallest absolute Gasteiger partial charge is 0.240 e. The van der Waals surface area contributed by atoms with Gasteiger partial charge in [0, 0.05) is 19.3 Å². The molecule has 0 aliphatic rings. The highest BCUT2D eigenvalue weighted by molar-refractivity contribution is 9.10. The van der Waals surface area contributed by atoms with E-state index in [1.807, 2.05) is 0 Å². The lowest BCUT2D eigenvalue weighted by Gasteiger charge is -2.07. The highest BCUT2D eigenvalue weighted by Crippen LogP contribution is 2.13. The van der Waals surface area contributed by atoms with Gasteiger partial charge in [0.2, 0.25) is 10.0 Å². The van der Waals surface area contributed by atoms with Crippen LogP contribution in [0.15, 0.2) is 40.0 Å². The van der Waals surface area contributed by atoms with Gasteiger partial charge >= 0.3 is 0 Å². The van der Waals surface area contributed by atoms with Crippen molar-refractivity contribution in [3.8, 4) is 0 Å². The second-order valence-corrected chi connectivity index (χ2v) is 6.93. The van der Waals surface area contributed by atoms with Gasteiger partial charge in [-0.25, -0.2) is 21.9 Å². The molecule has 0 unspecified atom stereocenters. The fourth-order valence-electron chi connectivity index (χ4n) is 1.64. The largest absolute Gasteiger partial charge is 0.272 e. The lowest BCUT2D eigenvalue weighted by molar-refractivity contribution is 0.503. The van der Waals surface area contributed by atoms with E-state index in [1.54, 1.807) is 17.1 Å². The normalized spacial score (nSPS) is 11.8. The van der Waals surface area contributed by atoms with E-state index in [1.165, 1.54) is 0 Å². The SMILES string of the molecule is O=S(=O)(NCCCn1cc(Br)cn1)c1ccc(F)c(F)c1. The molecule has 1 N–H and O–H groups in total. The van der Waals surface area contributed by atoms with Crippen molar-refractivity contribution in [3.05, 3.63) is 46.7 Å². The Hall–Kier alpha value is -1.32. The van der Waals surface area contributed by atoms with Crippen molar-refractivity contribution in [2.24, 2.45) is 0 Å². The maximum Gasteiger partial charge on any atom is 0.240 e. The van der Waals surface area contributed by atoms with Crippen LogP contribution in [0.2, 0.25) is 0 Å². The standard InChI is InChI=1S/C12H12BrF2N3O2S/c13-9-7-16-18(8-9)5-1-4-17-21(19,20)10-2-3-11(14)12(15)6-10/h2-3,6-8,17H,1,4-5H2. The molecule has 2 rings (SSSR count). The highest BCUT2D eigenvalue weighted by atomic mass is 79.9. The van der Waals surface area contributed by atoms with Gasteiger partial charge in [0.15, 0.2) is 11.6 Å². The molecule has 0 spiro atoms. The predicted octanol–water partition coefficient (Wildman–Crippen LogP) is 2.29. The first-order valence-corrected chi connectivity index (χ1v) is 8.29. The van der Waals surface area contributed by atoms with E-state index in [9.17, 15) is 17.2 Å². The Labute approximate surface area is 129 Å². The van der Waals surface area contributed by atoms with E-state index < -0.39 is 21.7 Å². The number of nitrogens with one attached hydrogen (secondary N) is 1. The maximum atomic E-state index is 13.0. The Morgan fingerprint density at radius 1 is 1.29 bits per heavy atom. The summed E-state index contributed by atoms with van der Waals surface area (Å²) in [6, 6.07) is 2.46. The Morgan fingerprint density at radius 3 is 2.67 bits per heavy atom. The number of aromatic nitrogens is 2. The summed E-state index contributed by atoms with van der Waals surface area (Å²) in [5, 5.41) is 4.03. The number of hydrogen-bond donors (Lipinski definition) is 1. The van der Waals surface area contributed by atoms with Gasteiger partial charge < -0.3 is 0 Å². The zero-order valence-corrected chi connectivity index (χ0v) is 13.2. The van der Waals surface area contributed by atoms with E-state index in [2.05, 4.69) is 25.8 Å². The van der Waals surface area contributed by atoms with E-state index >= 15 is 0 Å². The molecule has 0 bridgehead atoms. The number of hydrogen-bond acceptors (Lipinski definition) is 3. The van der Waals surface area contributed by atoms with E-state index in [0.717, 1.165) is 16.6 Å². The minimum atomic E-state index is -3.84. The fraction of sp³-hybridized carbons (Fsp3) is 0.250. The summed E-state index contributed by atoms with van der Waals surface area (Å²) in [5.74, 6) is -2.28. The average molecular weight is 380 g/mol. The lowest BCUT2D eigenvalue weighted by atomic mass is 10.3. The van der Waals surface area contributed by atoms with Crippen LogP contribution in [-0.4, -0.2) is 24.7 Å². The highest BCUT2D eigenvalue weighted by Gasteiger charge is 2.15. The molecule has 0 radical (unpaired) electrons. The molecule has 0 fully saturated rings. The molecule has 0 amide bonds. The number of nitrogens with zero attached hydrogens (tertiary/aromatic N) is 2. The second-order valence-electron chi connectivity index (χ2n) is 4.25. The van der Waals surface area contributed by atoms with Crippen molar-refractivity contribution in [2.75, 3.05) is 6.54 Å². The molecule has 1 aromatic carbocycles. The summed E-state index contributed by atoms with van der Waals surface area (Å²) in [7, 11) is -3.84. The van der Waals surface area contributed by atoms with E-state index in [0.29, 0.717) is 19.0 Å². The van der Waals surface area contributed by atoms with Crippen molar-refractivity contribution in [3.63, 3.8) is 0 Å². The van der Waals surface area contributed by atoms with Crippen molar-refractivity contribution in [2.45, 2.75) is 17.9 Å². The predicted molar refractivity (Wildman–Crippen MR) is 76.1 cm³/mol. The van der Waals surface area contributed by atoms with Crippen molar-refractivity contribution < 1.29 is 17.2 Å². The van der Waals surface area contributed by atoms with Crippen LogP contribution in [0.4, 0.5) is 8.78 Å². The average Bonchev–Trinajstić information content (AvgIpc) is 2.83. The summed E-state index contributed by atoms with van der Waals surface area (Å²) in [4.78, 5) is -0.303. The van der Waals surface area contributed by atoms with Crippen LogP contribution in [-0.2, 0) is 16.6 Å². The second kappa shape index (κ2) is 6.63. The molecule has 0 atom stereocenters. The molecule has 1 heterocycles. The van der Waals surface area contributed by atoms with Crippen molar-refractivity contribution in [1.29, 1.82) is 0 Å². The van der Waals surface area contributed by atoms with Gasteiger partial charge in [-0.15, -0.1) is 0 Å². The summed E-state index contributed by atoms with van der Waals surface area (Å²) >= 11 is 3.26. The topological polar surface area (TPSA) is 64.0 Å². The number of sulfonamides is 1. The minimum absolute atomic E-state index is 0.165. The van der Waals surface area contributed by atoms with Crippen LogP contribution in [0.1, 0.15) is 6.42 Å². The monoisotopic (exact) mass is 379 g/mol. The van der Waals surface area contributed by atoms with E-state index in [4.69, 9.17) is 0 Å².